The number of aliphatic hydroxyl groups is 1. The second kappa shape index (κ2) is 12.0. The first-order chi connectivity index (χ1) is 13.7. The Morgan fingerprint density at radius 2 is 1.93 bits per heavy atom. The Kier molecular flexibility index (Phi) is 10.1. The van der Waals surface area contributed by atoms with Crippen molar-refractivity contribution >= 4 is 17.6 Å². The van der Waals surface area contributed by atoms with Crippen molar-refractivity contribution < 1.29 is 14.6 Å². The summed E-state index contributed by atoms with van der Waals surface area (Å²) in [5.74, 6) is 0.514. The third-order valence-electron chi connectivity index (χ3n) is 4.52. The Bertz CT molecular complexity index is 830. The third kappa shape index (κ3) is 7.70. The van der Waals surface area contributed by atoms with Crippen LogP contribution in [0.3, 0.4) is 0 Å². The number of ketones is 1. The maximum atomic E-state index is 11.9. The van der Waals surface area contributed by atoms with Crippen LogP contribution < -0.4 is 4.74 Å². The molecule has 0 atom stereocenters. The van der Waals surface area contributed by atoms with Gasteiger partial charge in [-0.1, -0.05) is 19.1 Å². The third-order valence-corrected chi connectivity index (χ3v) is 4.52. The lowest BCUT2D eigenvalue weighted by Crippen LogP contribution is -2.16. The first-order valence-electron chi connectivity index (χ1n) is 9.82. The molecular formula is C24H34N2O3. The van der Waals surface area contributed by atoms with Crippen LogP contribution in [0.4, 0.5) is 0 Å². The van der Waals surface area contributed by atoms with Crippen LogP contribution in [0.2, 0.25) is 0 Å². The van der Waals surface area contributed by atoms with Crippen molar-refractivity contribution in [3.8, 4) is 5.75 Å². The zero-order chi connectivity index (χ0) is 22.0. The van der Waals surface area contributed by atoms with E-state index in [4.69, 9.17) is 4.74 Å². The highest BCUT2D eigenvalue weighted by Gasteiger charge is 2.12. The Labute approximate surface area is 175 Å². The van der Waals surface area contributed by atoms with Gasteiger partial charge >= 0.3 is 0 Å². The highest BCUT2D eigenvalue weighted by molar-refractivity contribution is 6.12. The van der Waals surface area contributed by atoms with Gasteiger partial charge < -0.3 is 14.7 Å². The van der Waals surface area contributed by atoms with Gasteiger partial charge in [0.1, 0.15) is 11.5 Å². The summed E-state index contributed by atoms with van der Waals surface area (Å²) < 4.78 is 5.37. The van der Waals surface area contributed by atoms with Gasteiger partial charge in [-0.25, -0.2) is 0 Å². The van der Waals surface area contributed by atoms with E-state index in [2.05, 4.69) is 9.89 Å². The van der Waals surface area contributed by atoms with Gasteiger partial charge in [-0.3, -0.25) is 9.79 Å². The number of methoxy groups -OCH3 is 1. The highest BCUT2D eigenvalue weighted by Crippen LogP contribution is 2.27. The number of nitrogens with zero attached hydrogens (tertiary/aromatic N) is 2. The topological polar surface area (TPSA) is 62.1 Å². The predicted molar refractivity (Wildman–Crippen MR) is 122 cm³/mol. The molecule has 0 saturated carbocycles. The van der Waals surface area contributed by atoms with Crippen LogP contribution in [0.5, 0.6) is 5.75 Å². The largest absolute Gasteiger partial charge is 0.507 e. The molecule has 1 aromatic rings. The average Bonchev–Trinajstić information content (AvgIpc) is 2.68. The molecule has 0 aliphatic carbocycles. The summed E-state index contributed by atoms with van der Waals surface area (Å²) in [4.78, 5) is 18.2. The van der Waals surface area contributed by atoms with E-state index in [1.807, 2.05) is 59.1 Å². The standard InChI is InChI=1S/C24H34N2O3/c1-8-12-25-15-22(19(4)27)24(28)13-17(2)18(3)23(16-26(5)6)20-10-9-11-21(14-20)29-7/h9-11,13-15,28H,8,12,16H2,1-7H3/b17-13+,23-18-,24-22-,25-15?. The molecule has 1 rings (SSSR count). The number of Topliss-reactive ketones (excluding diaryl/α,β-unsaturated/α-hetero) is 1. The van der Waals surface area contributed by atoms with Crippen LogP contribution in [-0.2, 0) is 4.79 Å². The number of hydrogen-bond acceptors (Lipinski definition) is 5. The number of allylic oxidation sites excluding steroid dienone is 4. The molecular weight excluding hydrogens is 364 g/mol. The molecule has 5 nitrogen and oxygen atoms in total. The molecule has 0 aliphatic rings. The van der Waals surface area contributed by atoms with Crippen LogP contribution in [0.15, 0.2) is 57.8 Å². The van der Waals surface area contributed by atoms with Crippen molar-refractivity contribution in [2.45, 2.75) is 34.1 Å². The lowest BCUT2D eigenvalue weighted by molar-refractivity contribution is -0.113. The van der Waals surface area contributed by atoms with Crippen molar-refractivity contribution in [1.82, 2.24) is 4.90 Å². The van der Waals surface area contributed by atoms with Crippen molar-refractivity contribution in [2.75, 3.05) is 34.3 Å². The fourth-order valence-electron chi connectivity index (χ4n) is 2.80. The van der Waals surface area contributed by atoms with Crippen LogP contribution in [0.25, 0.3) is 5.57 Å². The lowest BCUT2D eigenvalue weighted by Gasteiger charge is -2.18. The van der Waals surface area contributed by atoms with Gasteiger partial charge in [0.25, 0.3) is 0 Å². The SMILES string of the molecule is CCCN=C\C(C(C)=O)=C(O)/C=C(C)/C(C)=C(/CN(C)C)c1cccc(OC)c1. The molecule has 0 heterocycles. The van der Waals surface area contributed by atoms with Crippen LogP contribution in [0, 0.1) is 0 Å². The molecule has 1 N–H and O–H groups in total. The summed E-state index contributed by atoms with van der Waals surface area (Å²) in [6.45, 7) is 8.75. The van der Waals surface area contributed by atoms with Gasteiger partial charge in [-0.15, -0.1) is 0 Å². The van der Waals surface area contributed by atoms with Gasteiger partial charge in [0.15, 0.2) is 5.78 Å². The number of rotatable bonds is 10. The lowest BCUT2D eigenvalue weighted by atomic mass is 9.95. The predicted octanol–water partition coefficient (Wildman–Crippen LogP) is 4.86. The second-order valence-corrected chi connectivity index (χ2v) is 7.29. The molecule has 0 radical (unpaired) electrons. The zero-order valence-electron chi connectivity index (χ0n) is 18.7. The Balaban J connectivity index is 3.47. The van der Waals surface area contributed by atoms with Crippen molar-refractivity contribution in [1.29, 1.82) is 0 Å². The van der Waals surface area contributed by atoms with E-state index in [1.54, 1.807) is 13.2 Å². The Morgan fingerprint density at radius 3 is 2.48 bits per heavy atom. The van der Waals surface area contributed by atoms with Gasteiger partial charge in [-0.05, 0) is 81.8 Å². The normalized spacial score (nSPS) is 14.1. The van der Waals surface area contributed by atoms with E-state index in [0.29, 0.717) is 6.54 Å². The number of ether oxygens (including phenoxy) is 1. The van der Waals surface area contributed by atoms with Gasteiger partial charge in [-0.2, -0.15) is 0 Å². The molecule has 0 amide bonds. The number of likely N-dealkylation sites (N-methyl/N-ethyl adjacent to an activating group) is 1. The first kappa shape index (κ1) is 24.4. The van der Waals surface area contributed by atoms with Gasteiger partial charge in [0, 0.05) is 19.3 Å². The highest BCUT2D eigenvalue weighted by atomic mass is 16.5. The number of hydrogen-bond donors (Lipinski definition) is 1. The zero-order valence-corrected chi connectivity index (χ0v) is 18.7. The minimum atomic E-state index is -0.214. The summed E-state index contributed by atoms with van der Waals surface area (Å²) in [6, 6.07) is 7.93. The second-order valence-electron chi connectivity index (χ2n) is 7.29. The molecule has 0 bridgehead atoms. The number of aliphatic imine (C=N–C) groups is 1. The van der Waals surface area contributed by atoms with Crippen molar-refractivity contribution in [2.24, 2.45) is 4.99 Å². The minimum Gasteiger partial charge on any atom is -0.507 e. The summed E-state index contributed by atoms with van der Waals surface area (Å²) in [6.07, 6.45) is 3.99. The molecule has 0 unspecified atom stereocenters. The molecule has 158 valence electrons. The maximum Gasteiger partial charge on any atom is 0.165 e. The quantitative estimate of drug-likeness (QED) is 0.265. The molecule has 0 saturated heterocycles. The first-order valence-corrected chi connectivity index (χ1v) is 9.82. The molecule has 29 heavy (non-hydrogen) atoms. The molecule has 5 heteroatoms. The number of benzene rings is 1. The average molecular weight is 399 g/mol. The molecule has 0 fully saturated rings. The van der Waals surface area contributed by atoms with Crippen LogP contribution in [0.1, 0.15) is 39.7 Å². The Morgan fingerprint density at radius 1 is 1.24 bits per heavy atom. The minimum absolute atomic E-state index is 0.0657. The van der Waals surface area contributed by atoms with E-state index in [1.165, 1.54) is 13.1 Å². The smallest absolute Gasteiger partial charge is 0.165 e. The van der Waals surface area contributed by atoms with E-state index >= 15 is 0 Å². The molecule has 0 aromatic heterocycles. The summed E-state index contributed by atoms with van der Waals surface area (Å²) >= 11 is 0. The van der Waals surface area contributed by atoms with Crippen LogP contribution in [-0.4, -0.2) is 56.3 Å². The Hall–Kier alpha value is -2.66. The maximum absolute atomic E-state index is 11.9. The van der Waals surface area contributed by atoms with E-state index in [9.17, 15) is 9.90 Å². The van der Waals surface area contributed by atoms with Crippen LogP contribution >= 0.6 is 0 Å². The molecule has 1 aromatic carbocycles. The molecule has 0 spiro atoms. The van der Waals surface area contributed by atoms with E-state index in [-0.39, 0.29) is 17.1 Å². The van der Waals surface area contributed by atoms with Crippen molar-refractivity contribution in [3.63, 3.8) is 0 Å². The fourth-order valence-corrected chi connectivity index (χ4v) is 2.80. The van der Waals surface area contributed by atoms with Gasteiger partial charge in [0.05, 0.1) is 12.7 Å². The molecule has 0 aliphatic heterocycles. The van der Waals surface area contributed by atoms with E-state index < -0.39 is 0 Å². The number of carbonyl (C=O) groups excluding carboxylic acids is 1. The summed E-state index contributed by atoms with van der Waals surface area (Å²) in [5, 5.41) is 10.6. The van der Waals surface area contributed by atoms with Crippen molar-refractivity contribution in [3.05, 3.63) is 58.4 Å². The summed E-state index contributed by atoms with van der Waals surface area (Å²) in [7, 11) is 5.68. The number of aliphatic hydroxyl groups excluding tert-OH is 1. The fraction of sp³-hybridized carbons (Fsp3) is 0.417. The summed E-state index contributed by atoms with van der Waals surface area (Å²) in [5.41, 5.74) is 4.32. The van der Waals surface area contributed by atoms with Gasteiger partial charge in [0.2, 0.25) is 0 Å². The number of carbonyl (C=O) groups is 1. The monoisotopic (exact) mass is 398 g/mol. The van der Waals surface area contributed by atoms with E-state index in [0.717, 1.165) is 41.0 Å².